The summed E-state index contributed by atoms with van der Waals surface area (Å²) in [5, 5.41) is 5.88. The number of morpholine rings is 2. The largest absolute Gasteiger partial charge is 0.374 e. The molecule has 26 heavy (non-hydrogen) atoms. The first-order chi connectivity index (χ1) is 12.4. The fourth-order valence-electron chi connectivity index (χ4n) is 3.65. The zero-order chi connectivity index (χ0) is 18.9. The van der Waals surface area contributed by atoms with E-state index in [1.165, 1.54) is 0 Å². The van der Waals surface area contributed by atoms with E-state index >= 15 is 0 Å². The minimum absolute atomic E-state index is 0.0701. The number of carbonyl (C=O) groups is 1. The topological polar surface area (TPSA) is 66.1 Å². The molecule has 152 valence electrons. The first-order valence-electron chi connectivity index (χ1n) is 10.1. The number of ether oxygens (including phenoxy) is 2. The molecule has 7 heteroatoms. The Balaban J connectivity index is 1.61. The Kier molecular flexibility index (Phi) is 9.11. The molecule has 2 atom stereocenters. The highest BCUT2D eigenvalue weighted by atomic mass is 16.5. The van der Waals surface area contributed by atoms with Gasteiger partial charge >= 0.3 is 6.03 Å². The fourth-order valence-corrected chi connectivity index (χ4v) is 3.65. The van der Waals surface area contributed by atoms with Crippen LogP contribution in [-0.4, -0.2) is 93.6 Å². The number of hydrogen-bond donors (Lipinski definition) is 2. The Bertz CT molecular complexity index is 384. The number of carbonyl (C=O) groups excluding carboxylic acids is 1. The quantitative estimate of drug-likeness (QED) is 0.667. The van der Waals surface area contributed by atoms with Crippen LogP contribution in [0.5, 0.6) is 0 Å². The maximum Gasteiger partial charge on any atom is 0.314 e. The van der Waals surface area contributed by atoms with Crippen LogP contribution < -0.4 is 10.6 Å². The first kappa shape index (κ1) is 21.4. The van der Waals surface area contributed by atoms with Gasteiger partial charge in [-0.15, -0.1) is 0 Å². The van der Waals surface area contributed by atoms with Crippen LogP contribution in [0.15, 0.2) is 0 Å². The lowest BCUT2D eigenvalue weighted by Gasteiger charge is -2.34. The molecule has 0 aromatic heterocycles. The van der Waals surface area contributed by atoms with Crippen molar-refractivity contribution in [1.29, 1.82) is 0 Å². The van der Waals surface area contributed by atoms with Crippen LogP contribution in [0.3, 0.4) is 0 Å². The number of rotatable bonds is 8. The van der Waals surface area contributed by atoms with Gasteiger partial charge in [0.25, 0.3) is 0 Å². The third-order valence-corrected chi connectivity index (χ3v) is 4.67. The summed E-state index contributed by atoms with van der Waals surface area (Å²) in [6.07, 6.45) is 0.140. The Morgan fingerprint density at radius 1 is 0.885 bits per heavy atom. The SMILES string of the molecule is CC(C)CN1CCO[C@H](CNC(=O)NC[C@@H]2CN(CC(C)C)CCO2)C1. The van der Waals surface area contributed by atoms with E-state index in [1.807, 2.05) is 0 Å². The van der Waals surface area contributed by atoms with Crippen molar-refractivity contribution in [2.24, 2.45) is 11.8 Å². The van der Waals surface area contributed by atoms with Crippen LogP contribution in [0.4, 0.5) is 4.79 Å². The average molecular weight is 371 g/mol. The van der Waals surface area contributed by atoms with Crippen molar-refractivity contribution in [3.63, 3.8) is 0 Å². The van der Waals surface area contributed by atoms with Gasteiger partial charge in [0.1, 0.15) is 0 Å². The smallest absolute Gasteiger partial charge is 0.314 e. The second kappa shape index (κ2) is 11.1. The number of nitrogens with one attached hydrogen (secondary N) is 2. The summed E-state index contributed by atoms with van der Waals surface area (Å²) in [5.74, 6) is 1.30. The fraction of sp³-hybridized carbons (Fsp3) is 0.947. The summed E-state index contributed by atoms with van der Waals surface area (Å²) >= 11 is 0. The molecule has 0 bridgehead atoms. The van der Waals surface area contributed by atoms with Gasteiger partial charge in [0.2, 0.25) is 0 Å². The molecule has 2 N–H and O–H groups in total. The molecule has 2 rings (SSSR count). The second-order valence-corrected chi connectivity index (χ2v) is 8.38. The molecule has 0 aromatic rings. The lowest BCUT2D eigenvalue weighted by molar-refractivity contribution is -0.0310. The van der Waals surface area contributed by atoms with E-state index in [4.69, 9.17) is 9.47 Å². The number of nitrogens with zero attached hydrogens (tertiary/aromatic N) is 2. The third kappa shape index (κ3) is 8.20. The van der Waals surface area contributed by atoms with Gasteiger partial charge in [0.15, 0.2) is 0 Å². The number of amides is 2. The minimum atomic E-state index is -0.140. The third-order valence-electron chi connectivity index (χ3n) is 4.67. The van der Waals surface area contributed by atoms with Gasteiger partial charge in [0, 0.05) is 52.4 Å². The maximum absolute atomic E-state index is 12.1. The molecule has 2 amide bonds. The standard InChI is InChI=1S/C19H38N4O3/c1-15(2)11-22-5-7-25-17(13-22)9-20-19(24)21-10-18-14-23(6-8-26-18)12-16(3)4/h15-18H,5-14H2,1-4H3,(H2,20,21,24)/t17-,18-/m1/s1. The van der Waals surface area contributed by atoms with E-state index in [1.54, 1.807) is 0 Å². The lowest BCUT2D eigenvalue weighted by atomic mass is 10.2. The molecule has 7 nitrogen and oxygen atoms in total. The summed E-state index contributed by atoms with van der Waals surface area (Å²) in [7, 11) is 0. The molecule has 0 spiro atoms. The molecule has 0 radical (unpaired) electrons. The average Bonchev–Trinajstić information content (AvgIpc) is 2.58. The van der Waals surface area contributed by atoms with Crippen LogP contribution >= 0.6 is 0 Å². The van der Waals surface area contributed by atoms with E-state index in [-0.39, 0.29) is 18.2 Å². The van der Waals surface area contributed by atoms with E-state index in [2.05, 4.69) is 48.1 Å². The number of hydrogen-bond acceptors (Lipinski definition) is 5. The van der Waals surface area contributed by atoms with Crippen molar-refractivity contribution in [3.8, 4) is 0 Å². The van der Waals surface area contributed by atoms with Gasteiger partial charge in [-0.3, -0.25) is 9.80 Å². The second-order valence-electron chi connectivity index (χ2n) is 8.38. The van der Waals surface area contributed by atoms with Crippen molar-refractivity contribution < 1.29 is 14.3 Å². The molecule has 0 unspecified atom stereocenters. The van der Waals surface area contributed by atoms with E-state index in [9.17, 15) is 4.79 Å². The highest BCUT2D eigenvalue weighted by Crippen LogP contribution is 2.08. The van der Waals surface area contributed by atoms with Crippen LogP contribution in [0.25, 0.3) is 0 Å². The predicted octanol–water partition coefficient (Wildman–Crippen LogP) is 0.999. The van der Waals surface area contributed by atoms with Crippen molar-refractivity contribution in [1.82, 2.24) is 20.4 Å². The minimum Gasteiger partial charge on any atom is -0.374 e. The molecule has 2 heterocycles. The Morgan fingerprint density at radius 2 is 1.31 bits per heavy atom. The van der Waals surface area contributed by atoms with Crippen LogP contribution in [0.1, 0.15) is 27.7 Å². The summed E-state index contributed by atoms with van der Waals surface area (Å²) < 4.78 is 11.5. The molecule has 0 aromatic carbocycles. The van der Waals surface area contributed by atoms with E-state index < -0.39 is 0 Å². The summed E-state index contributed by atoms with van der Waals surface area (Å²) in [6, 6.07) is -0.140. The van der Waals surface area contributed by atoms with Crippen molar-refractivity contribution in [2.75, 3.05) is 65.6 Å². The van der Waals surface area contributed by atoms with Crippen molar-refractivity contribution in [2.45, 2.75) is 39.9 Å². The molecular weight excluding hydrogens is 332 g/mol. The van der Waals surface area contributed by atoms with Crippen molar-refractivity contribution >= 4 is 6.03 Å². The highest BCUT2D eigenvalue weighted by molar-refractivity contribution is 5.73. The molecule has 2 saturated heterocycles. The lowest BCUT2D eigenvalue weighted by Crippen LogP contribution is -2.52. The Labute approximate surface area is 158 Å². The monoisotopic (exact) mass is 370 g/mol. The predicted molar refractivity (Wildman–Crippen MR) is 103 cm³/mol. The zero-order valence-electron chi connectivity index (χ0n) is 17.0. The van der Waals surface area contributed by atoms with Gasteiger partial charge < -0.3 is 20.1 Å². The number of urea groups is 1. The molecule has 0 aliphatic carbocycles. The first-order valence-corrected chi connectivity index (χ1v) is 10.1. The van der Waals surface area contributed by atoms with Gasteiger partial charge in [-0.05, 0) is 11.8 Å². The maximum atomic E-state index is 12.1. The van der Waals surface area contributed by atoms with Crippen LogP contribution in [-0.2, 0) is 9.47 Å². The summed E-state index contributed by atoms with van der Waals surface area (Å²) in [6.45, 7) is 17.4. The molecule has 2 fully saturated rings. The Morgan fingerprint density at radius 3 is 1.69 bits per heavy atom. The Hall–Kier alpha value is -0.890. The normalized spacial score (nSPS) is 25.6. The van der Waals surface area contributed by atoms with E-state index in [0.717, 1.165) is 52.5 Å². The highest BCUT2D eigenvalue weighted by Gasteiger charge is 2.23. The van der Waals surface area contributed by atoms with Crippen LogP contribution in [0, 0.1) is 11.8 Å². The van der Waals surface area contributed by atoms with Gasteiger partial charge in [-0.25, -0.2) is 4.79 Å². The summed E-state index contributed by atoms with van der Waals surface area (Å²) in [4.78, 5) is 16.9. The summed E-state index contributed by atoms with van der Waals surface area (Å²) in [5.41, 5.74) is 0. The molecule has 2 aliphatic heterocycles. The molecule has 2 aliphatic rings. The molecular formula is C19H38N4O3. The van der Waals surface area contributed by atoms with Crippen LogP contribution in [0.2, 0.25) is 0 Å². The van der Waals surface area contributed by atoms with Gasteiger partial charge in [-0.2, -0.15) is 0 Å². The van der Waals surface area contributed by atoms with Gasteiger partial charge in [-0.1, -0.05) is 27.7 Å². The zero-order valence-corrected chi connectivity index (χ0v) is 17.0. The molecule has 0 saturated carbocycles. The van der Waals surface area contributed by atoms with Gasteiger partial charge in [0.05, 0.1) is 25.4 Å². The van der Waals surface area contributed by atoms with E-state index in [0.29, 0.717) is 24.9 Å². The van der Waals surface area contributed by atoms with Crippen molar-refractivity contribution in [3.05, 3.63) is 0 Å².